The standard InChI is InChI=1S/C13H16F6O2/c1-6-7(2)9-3-8(6)4-11(9,13(17,18)19)10(20)21-5-12(14,15)16/h6-9H,3-5H2,1-2H3. The Hall–Kier alpha value is -0.950. The Labute approximate surface area is 117 Å². The first-order chi connectivity index (χ1) is 9.40. The maximum absolute atomic E-state index is 13.5. The predicted molar refractivity (Wildman–Crippen MR) is 60.0 cm³/mol. The molecule has 0 spiro atoms. The lowest BCUT2D eigenvalue weighted by Crippen LogP contribution is -2.53. The van der Waals surface area contributed by atoms with Gasteiger partial charge in [-0.15, -0.1) is 0 Å². The SMILES string of the molecule is CC1C2CC(C1C)C(C(=O)OCC(F)(F)F)(C(F)(F)F)C2. The number of carbonyl (C=O) groups is 1. The van der Waals surface area contributed by atoms with E-state index in [1.807, 2.05) is 6.92 Å². The van der Waals surface area contributed by atoms with E-state index in [2.05, 4.69) is 4.74 Å². The third kappa shape index (κ3) is 2.50. The van der Waals surface area contributed by atoms with Crippen molar-refractivity contribution in [3.05, 3.63) is 0 Å². The van der Waals surface area contributed by atoms with Crippen molar-refractivity contribution in [2.75, 3.05) is 6.61 Å². The Kier molecular flexibility index (Phi) is 3.73. The van der Waals surface area contributed by atoms with Crippen LogP contribution in [-0.2, 0) is 9.53 Å². The van der Waals surface area contributed by atoms with E-state index in [1.165, 1.54) is 0 Å². The second kappa shape index (κ2) is 4.78. The number of carbonyl (C=O) groups excluding carboxylic acids is 1. The lowest BCUT2D eigenvalue weighted by molar-refractivity contribution is -0.261. The molecule has 2 saturated carbocycles. The summed E-state index contributed by atoms with van der Waals surface area (Å²) in [6.07, 6.45) is -9.99. The van der Waals surface area contributed by atoms with Crippen LogP contribution in [0.3, 0.4) is 0 Å². The van der Waals surface area contributed by atoms with Gasteiger partial charge >= 0.3 is 18.3 Å². The van der Waals surface area contributed by atoms with Crippen molar-refractivity contribution < 1.29 is 35.9 Å². The van der Waals surface area contributed by atoms with Gasteiger partial charge in [-0.2, -0.15) is 26.3 Å². The van der Waals surface area contributed by atoms with Crippen LogP contribution in [0.2, 0.25) is 0 Å². The molecule has 0 aromatic carbocycles. The third-order valence-corrected chi connectivity index (χ3v) is 5.22. The highest BCUT2D eigenvalue weighted by atomic mass is 19.4. The molecule has 21 heavy (non-hydrogen) atoms. The van der Waals surface area contributed by atoms with Crippen LogP contribution in [0.1, 0.15) is 26.7 Å². The summed E-state index contributed by atoms with van der Waals surface area (Å²) in [5.74, 6) is -3.42. The minimum Gasteiger partial charge on any atom is -0.455 e. The van der Waals surface area contributed by atoms with Crippen molar-refractivity contribution in [3.63, 3.8) is 0 Å². The minimum atomic E-state index is -4.90. The van der Waals surface area contributed by atoms with Crippen LogP contribution < -0.4 is 0 Å². The van der Waals surface area contributed by atoms with Crippen molar-refractivity contribution in [1.82, 2.24) is 0 Å². The summed E-state index contributed by atoms with van der Waals surface area (Å²) >= 11 is 0. The molecule has 0 saturated heterocycles. The van der Waals surface area contributed by atoms with Gasteiger partial charge in [-0.05, 0) is 36.5 Å². The first-order valence-electron chi connectivity index (χ1n) is 6.71. The van der Waals surface area contributed by atoms with E-state index < -0.39 is 42.7 Å². The second-order valence-corrected chi connectivity index (χ2v) is 6.19. The summed E-state index contributed by atoms with van der Waals surface area (Å²) in [5, 5.41) is 0. The quantitative estimate of drug-likeness (QED) is 0.569. The summed E-state index contributed by atoms with van der Waals surface area (Å²) < 4.78 is 80.6. The number of hydrogen-bond acceptors (Lipinski definition) is 2. The van der Waals surface area contributed by atoms with Crippen LogP contribution in [-0.4, -0.2) is 24.9 Å². The largest absolute Gasteiger partial charge is 0.455 e. The fourth-order valence-corrected chi connectivity index (χ4v) is 3.99. The lowest BCUT2D eigenvalue weighted by atomic mass is 9.65. The zero-order chi connectivity index (χ0) is 16.2. The van der Waals surface area contributed by atoms with Crippen molar-refractivity contribution in [2.45, 2.75) is 39.0 Å². The van der Waals surface area contributed by atoms with Gasteiger partial charge in [0.2, 0.25) is 0 Å². The van der Waals surface area contributed by atoms with E-state index >= 15 is 0 Å². The fraction of sp³-hybridized carbons (Fsp3) is 0.923. The zero-order valence-corrected chi connectivity index (χ0v) is 11.5. The van der Waals surface area contributed by atoms with E-state index in [9.17, 15) is 31.1 Å². The molecule has 8 heteroatoms. The monoisotopic (exact) mass is 318 g/mol. The van der Waals surface area contributed by atoms with Crippen molar-refractivity contribution in [1.29, 1.82) is 0 Å². The van der Waals surface area contributed by atoms with Crippen molar-refractivity contribution >= 4 is 5.97 Å². The topological polar surface area (TPSA) is 26.3 Å². The van der Waals surface area contributed by atoms with Gasteiger partial charge in [-0.1, -0.05) is 13.8 Å². The van der Waals surface area contributed by atoms with E-state index in [0.29, 0.717) is 0 Å². The fourth-order valence-electron chi connectivity index (χ4n) is 3.99. The number of alkyl halides is 6. The first kappa shape index (κ1) is 16.4. The van der Waals surface area contributed by atoms with Gasteiger partial charge in [-0.3, -0.25) is 4.79 Å². The van der Waals surface area contributed by atoms with Crippen molar-refractivity contribution in [3.8, 4) is 0 Å². The normalized spacial score (nSPS) is 39.6. The molecule has 2 fully saturated rings. The summed E-state index contributed by atoms with van der Waals surface area (Å²) in [7, 11) is 0. The van der Waals surface area contributed by atoms with Gasteiger partial charge in [0.1, 0.15) is 0 Å². The molecule has 5 atom stereocenters. The molecular formula is C13H16F6O2. The average molecular weight is 318 g/mol. The van der Waals surface area contributed by atoms with Gasteiger partial charge in [0, 0.05) is 0 Å². The summed E-state index contributed by atoms with van der Waals surface area (Å²) in [6.45, 7) is 1.45. The number of esters is 1. The van der Waals surface area contributed by atoms with Crippen LogP contribution in [0.5, 0.6) is 0 Å². The molecule has 122 valence electrons. The molecule has 2 nitrogen and oxygen atoms in total. The van der Waals surface area contributed by atoms with Gasteiger partial charge < -0.3 is 4.74 Å². The van der Waals surface area contributed by atoms with Gasteiger partial charge in [-0.25, -0.2) is 0 Å². The number of rotatable bonds is 2. The molecule has 0 amide bonds. The molecule has 2 aliphatic carbocycles. The molecule has 2 bridgehead atoms. The molecule has 0 radical (unpaired) electrons. The van der Waals surface area contributed by atoms with E-state index in [4.69, 9.17) is 0 Å². The Morgan fingerprint density at radius 1 is 1.14 bits per heavy atom. The molecule has 2 rings (SSSR count). The van der Waals surface area contributed by atoms with E-state index in [1.54, 1.807) is 6.92 Å². The number of ether oxygens (including phenoxy) is 1. The van der Waals surface area contributed by atoms with Gasteiger partial charge in [0.15, 0.2) is 12.0 Å². The summed E-state index contributed by atoms with van der Waals surface area (Å²) in [5.41, 5.74) is -2.78. The molecule has 2 aliphatic rings. The Balaban J connectivity index is 2.27. The van der Waals surface area contributed by atoms with Crippen LogP contribution in [0.4, 0.5) is 26.3 Å². The highest BCUT2D eigenvalue weighted by molar-refractivity contribution is 5.79. The molecule has 0 aliphatic heterocycles. The van der Waals surface area contributed by atoms with E-state index in [0.717, 1.165) is 0 Å². The van der Waals surface area contributed by atoms with Crippen LogP contribution in [0.15, 0.2) is 0 Å². The molecule has 0 N–H and O–H groups in total. The maximum atomic E-state index is 13.5. The summed E-state index contributed by atoms with van der Waals surface area (Å²) in [4.78, 5) is 11.9. The Bertz CT molecular complexity index is 427. The zero-order valence-electron chi connectivity index (χ0n) is 11.5. The third-order valence-electron chi connectivity index (χ3n) is 5.22. The number of fused-ring (bicyclic) bond motifs is 2. The molecule has 0 aromatic heterocycles. The second-order valence-electron chi connectivity index (χ2n) is 6.19. The van der Waals surface area contributed by atoms with Crippen LogP contribution >= 0.6 is 0 Å². The van der Waals surface area contributed by atoms with E-state index in [-0.39, 0.29) is 24.2 Å². The average Bonchev–Trinajstić information content (AvgIpc) is 2.84. The smallest absolute Gasteiger partial charge is 0.422 e. The number of hydrogen-bond donors (Lipinski definition) is 0. The number of halogens is 6. The molecule has 0 aromatic rings. The Morgan fingerprint density at radius 2 is 1.71 bits per heavy atom. The first-order valence-corrected chi connectivity index (χ1v) is 6.71. The Morgan fingerprint density at radius 3 is 2.10 bits per heavy atom. The van der Waals surface area contributed by atoms with Crippen LogP contribution in [0.25, 0.3) is 0 Å². The van der Waals surface area contributed by atoms with Crippen LogP contribution in [0, 0.1) is 29.1 Å². The maximum Gasteiger partial charge on any atom is 0.422 e. The van der Waals surface area contributed by atoms with Gasteiger partial charge in [0.25, 0.3) is 0 Å². The highest BCUT2D eigenvalue weighted by Crippen LogP contribution is 2.66. The van der Waals surface area contributed by atoms with Crippen molar-refractivity contribution in [2.24, 2.45) is 29.1 Å². The molecule has 0 heterocycles. The molecule has 5 unspecified atom stereocenters. The summed E-state index contributed by atoms with van der Waals surface area (Å²) in [6, 6.07) is 0. The highest BCUT2D eigenvalue weighted by Gasteiger charge is 2.73. The lowest BCUT2D eigenvalue weighted by Gasteiger charge is -2.41. The molecular weight excluding hydrogens is 302 g/mol. The van der Waals surface area contributed by atoms with Gasteiger partial charge in [0.05, 0.1) is 0 Å². The minimum absolute atomic E-state index is 0.0286. The predicted octanol–water partition coefficient (Wildman–Crippen LogP) is 3.95.